The first-order valence-electron chi connectivity index (χ1n) is 5.65. The predicted molar refractivity (Wildman–Crippen MR) is 72.3 cm³/mol. The normalized spacial score (nSPS) is 10.5. The maximum atomic E-state index is 9.05. The summed E-state index contributed by atoms with van der Waals surface area (Å²) in [4.78, 5) is 4.32. The van der Waals surface area contributed by atoms with Crippen molar-refractivity contribution in [3.8, 4) is 6.07 Å². The van der Waals surface area contributed by atoms with E-state index < -0.39 is 0 Å². The molecule has 0 amide bonds. The van der Waals surface area contributed by atoms with Crippen molar-refractivity contribution >= 4 is 22.4 Å². The Labute approximate surface area is 107 Å². The van der Waals surface area contributed by atoms with Crippen LogP contribution in [0.3, 0.4) is 0 Å². The van der Waals surface area contributed by atoms with Gasteiger partial charge in [-0.15, -0.1) is 0 Å². The molecule has 0 saturated carbocycles. The summed E-state index contributed by atoms with van der Waals surface area (Å²) in [5, 5.41) is 9.94. The summed E-state index contributed by atoms with van der Waals surface area (Å²) in [5.41, 5.74) is 6.18. The summed E-state index contributed by atoms with van der Waals surface area (Å²) in [6.45, 7) is 4.90. The molecule has 17 heavy (non-hydrogen) atoms. The summed E-state index contributed by atoms with van der Waals surface area (Å²) in [6, 6.07) is 2.13. The monoisotopic (exact) mass is 253 g/mol. The maximum Gasteiger partial charge on any atom is 0.157 e. The Hall–Kier alpha value is -1.32. The minimum Gasteiger partial charge on any atom is -0.382 e. The summed E-state index contributed by atoms with van der Waals surface area (Å²) in [5.74, 6) is 0.346. The smallest absolute Gasteiger partial charge is 0.157 e. The Morgan fingerprint density at radius 3 is 2.65 bits per heavy atom. The van der Waals surface area contributed by atoms with Gasteiger partial charge in [-0.2, -0.15) is 9.64 Å². The molecule has 94 valence electrons. The second-order valence-corrected chi connectivity index (χ2v) is 4.85. The lowest BCUT2D eigenvalue weighted by molar-refractivity contribution is 0.401. The van der Waals surface area contributed by atoms with E-state index in [2.05, 4.69) is 41.3 Å². The highest BCUT2D eigenvalue weighted by Crippen LogP contribution is 2.29. The van der Waals surface area contributed by atoms with Crippen molar-refractivity contribution < 1.29 is 0 Å². The Morgan fingerprint density at radius 1 is 1.41 bits per heavy atom. The van der Waals surface area contributed by atoms with E-state index in [9.17, 15) is 0 Å². The molecule has 0 spiro atoms. The summed E-state index contributed by atoms with van der Waals surface area (Å²) in [7, 11) is 4.11. The first-order chi connectivity index (χ1) is 8.10. The molecular weight excluding hydrogens is 234 g/mol. The van der Waals surface area contributed by atoms with Crippen LogP contribution >= 0.6 is 11.5 Å². The number of nitrogen functional groups attached to an aromatic ring is 1. The second kappa shape index (κ2) is 6.42. The van der Waals surface area contributed by atoms with Gasteiger partial charge < -0.3 is 15.5 Å². The Balaban J connectivity index is 2.70. The number of nitrogens with two attached hydrogens (primary N) is 1. The van der Waals surface area contributed by atoms with Gasteiger partial charge in [-0.25, -0.2) is 0 Å². The molecule has 0 radical (unpaired) electrons. The lowest BCUT2D eigenvalue weighted by atomic mass is 10.3. The Morgan fingerprint density at radius 2 is 2.12 bits per heavy atom. The second-order valence-electron chi connectivity index (χ2n) is 4.10. The molecule has 0 saturated heterocycles. The summed E-state index contributed by atoms with van der Waals surface area (Å²) in [6.07, 6.45) is 1.06. The van der Waals surface area contributed by atoms with E-state index in [4.69, 9.17) is 11.0 Å². The number of hydrogen-bond acceptors (Lipinski definition) is 6. The van der Waals surface area contributed by atoms with Gasteiger partial charge in [0, 0.05) is 13.1 Å². The van der Waals surface area contributed by atoms with Crippen LogP contribution in [-0.2, 0) is 0 Å². The highest BCUT2D eigenvalue weighted by molar-refractivity contribution is 7.10. The lowest BCUT2D eigenvalue weighted by Crippen LogP contribution is -2.26. The van der Waals surface area contributed by atoms with E-state index in [1.807, 2.05) is 0 Å². The summed E-state index contributed by atoms with van der Waals surface area (Å²) >= 11 is 1.31. The van der Waals surface area contributed by atoms with Crippen molar-refractivity contribution in [2.24, 2.45) is 0 Å². The molecule has 6 heteroatoms. The highest BCUT2D eigenvalue weighted by atomic mass is 32.1. The minimum absolute atomic E-state index is 0.346. The zero-order valence-electron chi connectivity index (χ0n) is 10.6. The van der Waals surface area contributed by atoms with Crippen LogP contribution in [0.1, 0.15) is 18.9 Å². The highest BCUT2D eigenvalue weighted by Gasteiger charge is 2.16. The van der Waals surface area contributed by atoms with Gasteiger partial charge in [-0.3, -0.25) is 0 Å². The third-order valence-corrected chi connectivity index (χ3v) is 3.44. The van der Waals surface area contributed by atoms with Crippen LogP contribution in [0.5, 0.6) is 0 Å². The molecular formula is C11H19N5S. The molecule has 0 aliphatic heterocycles. The van der Waals surface area contributed by atoms with Crippen molar-refractivity contribution in [1.29, 1.82) is 5.26 Å². The fourth-order valence-corrected chi connectivity index (χ4v) is 2.45. The molecule has 0 unspecified atom stereocenters. The minimum atomic E-state index is 0.346. The largest absolute Gasteiger partial charge is 0.382 e. The van der Waals surface area contributed by atoms with Crippen LogP contribution in [0.4, 0.5) is 10.8 Å². The average molecular weight is 253 g/mol. The zero-order valence-corrected chi connectivity index (χ0v) is 11.4. The Bertz CT molecular complexity index is 393. The van der Waals surface area contributed by atoms with Crippen molar-refractivity contribution in [3.05, 3.63) is 5.56 Å². The van der Waals surface area contributed by atoms with Gasteiger partial charge in [0.25, 0.3) is 0 Å². The third-order valence-electron chi connectivity index (χ3n) is 2.51. The molecule has 0 aliphatic rings. The fraction of sp³-hybridized carbons (Fsp3) is 0.636. The van der Waals surface area contributed by atoms with Crippen LogP contribution in [0, 0.1) is 11.3 Å². The van der Waals surface area contributed by atoms with Crippen LogP contribution < -0.4 is 10.6 Å². The quantitative estimate of drug-likeness (QED) is 0.829. The van der Waals surface area contributed by atoms with E-state index in [0.29, 0.717) is 11.4 Å². The Kier molecular flexibility index (Phi) is 5.19. The molecule has 2 N–H and O–H groups in total. The number of aromatic nitrogens is 1. The standard InChI is InChI=1S/C11H19N5S/c1-4-16(7-5-6-15(2)3)11-9(8-12)10(13)14-17-11/h4-7H2,1-3H3,(H2,13,14). The van der Waals surface area contributed by atoms with Gasteiger partial charge in [0.15, 0.2) is 5.82 Å². The van der Waals surface area contributed by atoms with Crippen molar-refractivity contribution in [1.82, 2.24) is 9.27 Å². The molecule has 0 atom stereocenters. The molecule has 1 heterocycles. The van der Waals surface area contributed by atoms with Crippen molar-refractivity contribution in [2.75, 3.05) is 44.4 Å². The van der Waals surface area contributed by atoms with Crippen LogP contribution in [-0.4, -0.2) is 43.0 Å². The van der Waals surface area contributed by atoms with E-state index in [1.54, 1.807) is 0 Å². The summed E-state index contributed by atoms with van der Waals surface area (Å²) < 4.78 is 4.04. The van der Waals surface area contributed by atoms with Gasteiger partial charge in [0.05, 0.1) is 0 Å². The maximum absolute atomic E-state index is 9.05. The van der Waals surface area contributed by atoms with Crippen LogP contribution in [0.15, 0.2) is 0 Å². The van der Waals surface area contributed by atoms with E-state index in [1.165, 1.54) is 11.5 Å². The molecule has 1 rings (SSSR count). The average Bonchev–Trinajstić information content (AvgIpc) is 2.65. The van der Waals surface area contributed by atoms with Gasteiger partial charge in [-0.1, -0.05) is 0 Å². The molecule has 1 aromatic heterocycles. The number of nitrogens with zero attached hydrogens (tertiary/aromatic N) is 4. The number of nitriles is 1. The van der Waals surface area contributed by atoms with Gasteiger partial charge >= 0.3 is 0 Å². The lowest BCUT2D eigenvalue weighted by Gasteiger charge is -2.21. The topological polar surface area (TPSA) is 69.2 Å². The van der Waals surface area contributed by atoms with Crippen LogP contribution in [0.2, 0.25) is 0 Å². The number of anilines is 2. The number of hydrogen-bond donors (Lipinski definition) is 1. The molecule has 0 aromatic carbocycles. The first kappa shape index (κ1) is 13.7. The van der Waals surface area contributed by atoms with Gasteiger partial charge in [-0.05, 0) is 45.5 Å². The molecule has 5 nitrogen and oxygen atoms in total. The molecule has 0 fully saturated rings. The van der Waals surface area contributed by atoms with Gasteiger partial charge in [0.1, 0.15) is 16.6 Å². The van der Waals surface area contributed by atoms with Gasteiger partial charge in [0.2, 0.25) is 0 Å². The van der Waals surface area contributed by atoms with E-state index >= 15 is 0 Å². The number of rotatable bonds is 6. The SMILES string of the molecule is CCN(CCCN(C)C)c1snc(N)c1C#N. The van der Waals surface area contributed by atoms with E-state index in [-0.39, 0.29) is 0 Å². The fourth-order valence-electron chi connectivity index (χ4n) is 1.60. The molecule has 1 aromatic rings. The molecule has 0 bridgehead atoms. The zero-order chi connectivity index (χ0) is 12.8. The van der Waals surface area contributed by atoms with Crippen molar-refractivity contribution in [2.45, 2.75) is 13.3 Å². The van der Waals surface area contributed by atoms with Crippen molar-refractivity contribution in [3.63, 3.8) is 0 Å². The molecule has 0 aliphatic carbocycles. The first-order valence-corrected chi connectivity index (χ1v) is 6.42. The van der Waals surface area contributed by atoms with E-state index in [0.717, 1.165) is 31.1 Å². The predicted octanol–water partition coefficient (Wildman–Crippen LogP) is 1.37. The third kappa shape index (κ3) is 3.58. The van der Waals surface area contributed by atoms with Crippen LogP contribution in [0.25, 0.3) is 0 Å².